The van der Waals surface area contributed by atoms with Gasteiger partial charge in [0, 0.05) is 48.6 Å². The number of amidine groups is 1. The first-order valence-corrected chi connectivity index (χ1v) is 12.9. The van der Waals surface area contributed by atoms with Gasteiger partial charge >= 0.3 is 6.03 Å². The number of benzene rings is 1. The lowest BCUT2D eigenvalue weighted by molar-refractivity contribution is -0.128. The smallest absolute Gasteiger partial charge is 0.346 e. The number of nitrogens with zero attached hydrogens (tertiary/aromatic N) is 4. The van der Waals surface area contributed by atoms with E-state index in [4.69, 9.17) is 11.6 Å². The first-order valence-electron chi connectivity index (χ1n) is 11.4. The molecule has 3 aliphatic heterocycles. The number of carbonyl (C=O) groups is 2. The Bertz CT molecular complexity index is 1210. The fraction of sp³-hybridized carbons (Fsp3) is 0.400. The molecule has 2 fully saturated rings. The predicted octanol–water partition coefficient (Wildman–Crippen LogP) is 4.28. The molecule has 35 heavy (non-hydrogen) atoms. The molecule has 4 aliphatic rings. The molecule has 3 atom stereocenters. The summed E-state index contributed by atoms with van der Waals surface area (Å²) >= 11 is 8.30. The summed E-state index contributed by atoms with van der Waals surface area (Å²) in [5, 5.41) is -0.250. The zero-order valence-corrected chi connectivity index (χ0v) is 21.0. The third kappa shape index (κ3) is 3.62. The minimum Gasteiger partial charge on any atom is -0.350 e. The molecular formula is C25H25ClF2N4O2S. The van der Waals surface area contributed by atoms with E-state index >= 15 is 0 Å². The van der Waals surface area contributed by atoms with Crippen LogP contribution in [0, 0.1) is 11.6 Å². The number of hydrogen-bond donors (Lipinski definition) is 0. The monoisotopic (exact) mass is 518 g/mol. The average Bonchev–Trinajstić information content (AvgIpc) is 2.82. The van der Waals surface area contributed by atoms with Gasteiger partial charge in [-0.3, -0.25) is 4.79 Å². The number of aliphatic imine (C=N–C) groups is 1. The lowest BCUT2D eigenvalue weighted by atomic mass is 9.75. The molecule has 3 amide bonds. The van der Waals surface area contributed by atoms with Gasteiger partial charge in [-0.05, 0) is 43.7 Å². The van der Waals surface area contributed by atoms with E-state index in [0.29, 0.717) is 43.3 Å². The van der Waals surface area contributed by atoms with E-state index in [9.17, 15) is 18.4 Å². The van der Waals surface area contributed by atoms with Crippen LogP contribution in [0.25, 0.3) is 5.57 Å². The molecule has 0 radical (unpaired) electrons. The van der Waals surface area contributed by atoms with Crippen LogP contribution >= 0.6 is 23.4 Å². The molecule has 0 aromatic heterocycles. The number of amides is 3. The summed E-state index contributed by atoms with van der Waals surface area (Å²) in [6.07, 6.45) is 3.00. The fourth-order valence-corrected chi connectivity index (χ4v) is 7.44. The molecule has 1 aliphatic carbocycles. The fourth-order valence-electron chi connectivity index (χ4n) is 5.55. The Morgan fingerprint density at radius 1 is 1.29 bits per heavy atom. The quantitative estimate of drug-likeness (QED) is 0.548. The maximum atomic E-state index is 14.9. The molecule has 2 saturated heterocycles. The van der Waals surface area contributed by atoms with Gasteiger partial charge in [-0.1, -0.05) is 24.2 Å². The van der Waals surface area contributed by atoms with E-state index < -0.39 is 22.4 Å². The number of rotatable bonds is 2. The minimum absolute atomic E-state index is 0.113. The summed E-state index contributed by atoms with van der Waals surface area (Å²) in [4.78, 5) is 35.3. The molecule has 5 rings (SSSR count). The van der Waals surface area contributed by atoms with Gasteiger partial charge in [0.2, 0.25) is 5.91 Å². The van der Waals surface area contributed by atoms with Gasteiger partial charge < -0.3 is 14.7 Å². The number of thioether (sulfide) groups is 1. The van der Waals surface area contributed by atoms with Gasteiger partial charge in [-0.25, -0.2) is 13.6 Å². The molecule has 3 heterocycles. The topological polar surface area (TPSA) is 56.2 Å². The van der Waals surface area contributed by atoms with Crippen molar-refractivity contribution in [3.05, 3.63) is 64.7 Å². The molecule has 0 bridgehead atoms. The highest BCUT2D eigenvalue weighted by atomic mass is 35.5. The maximum absolute atomic E-state index is 14.9. The lowest BCUT2D eigenvalue weighted by Crippen LogP contribution is -2.67. The van der Waals surface area contributed by atoms with E-state index in [1.165, 1.54) is 36.0 Å². The maximum Gasteiger partial charge on any atom is 0.346 e. The van der Waals surface area contributed by atoms with E-state index in [-0.39, 0.29) is 28.6 Å². The second-order valence-electron chi connectivity index (χ2n) is 9.22. The number of piperazine rings is 1. The summed E-state index contributed by atoms with van der Waals surface area (Å²) in [7, 11) is 0. The van der Waals surface area contributed by atoms with Crippen LogP contribution in [-0.2, 0) is 4.79 Å². The van der Waals surface area contributed by atoms with E-state index in [1.807, 2.05) is 18.7 Å². The summed E-state index contributed by atoms with van der Waals surface area (Å²) in [5.41, 5.74) is 0.0458. The Morgan fingerprint density at radius 3 is 2.66 bits per heavy atom. The van der Waals surface area contributed by atoms with Crippen molar-refractivity contribution in [1.82, 2.24) is 14.7 Å². The molecule has 1 aromatic carbocycles. The van der Waals surface area contributed by atoms with Crippen molar-refractivity contribution in [2.45, 2.75) is 30.7 Å². The Hall–Kier alpha value is -2.65. The number of allylic oxidation sites excluding steroid dienone is 2. The largest absolute Gasteiger partial charge is 0.350 e. The molecule has 0 saturated carbocycles. The van der Waals surface area contributed by atoms with E-state index in [1.54, 1.807) is 15.9 Å². The third-order valence-corrected chi connectivity index (χ3v) is 9.06. The molecule has 184 valence electrons. The zero-order valence-electron chi connectivity index (χ0n) is 19.4. The predicted molar refractivity (Wildman–Crippen MR) is 134 cm³/mol. The van der Waals surface area contributed by atoms with Crippen LogP contribution in [0.1, 0.15) is 19.4 Å². The van der Waals surface area contributed by atoms with Gasteiger partial charge in [0.05, 0.1) is 16.4 Å². The van der Waals surface area contributed by atoms with Crippen molar-refractivity contribution in [3.63, 3.8) is 0 Å². The van der Waals surface area contributed by atoms with Gasteiger partial charge in [0.1, 0.15) is 17.5 Å². The van der Waals surface area contributed by atoms with Crippen molar-refractivity contribution in [1.29, 1.82) is 0 Å². The molecule has 10 heteroatoms. The number of halogens is 3. The Morgan fingerprint density at radius 2 is 2.00 bits per heavy atom. The molecule has 2 unspecified atom stereocenters. The Kier molecular flexibility index (Phi) is 6.04. The van der Waals surface area contributed by atoms with Crippen molar-refractivity contribution >= 4 is 46.7 Å². The van der Waals surface area contributed by atoms with Crippen LogP contribution in [0.3, 0.4) is 0 Å². The first kappa shape index (κ1) is 24.1. The van der Waals surface area contributed by atoms with Crippen molar-refractivity contribution in [3.8, 4) is 0 Å². The van der Waals surface area contributed by atoms with Crippen LogP contribution in [0.2, 0.25) is 0 Å². The molecule has 0 spiro atoms. The molecule has 1 aromatic rings. The standard InChI is InChI=1S/C25H25ClF2N4O2S/c1-4-19(33)30-8-9-31(14(2)13-30)23-15-12-16(26)20(21-17(27)6-5-7-18(21)28)22-25(15,3)32(10-11-35-22)24(34)29-23/h4-7,12,14,22H,1,8-11,13H2,2-3H3/t14-,22?,25?/m0/s1. The number of carbonyl (C=O) groups excluding carboxylic acids is 2. The Balaban J connectivity index is 1.63. The highest BCUT2D eigenvalue weighted by Crippen LogP contribution is 2.53. The second-order valence-corrected chi connectivity index (χ2v) is 10.8. The van der Waals surface area contributed by atoms with Gasteiger partial charge in [0.15, 0.2) is 0 Å². The summed E-state index contributed by atoms with van der Waals surface area (Å²) < 4.78 is 29.8. The van der Waals surface area contributed by atoms with Gasteiger partial charge in [0.25, 0.3) is 0 Å². The highest BCUT2D eigenvalue weighted by Gasteiger charge is 2.56. The normalized spacial score (nSPS) is 28.5. The molecule has 6 nitrogen and oxygen atoms in total. The van der Waals surface area contributed by atoms with Crippen LogP contribution in [0.5, 0.6) is 0 Å². The minimum atomic E-state index is -0.896. The van der Waals surface area contributed by atoms with Gasteiger partial charge in [-0.15, -0.1) is 11.8 Å². The zero-order chi connectivity index (χ0) is 25.1. The Labute approximate surface area is 212 Å². The van der Waals surface area contributed by atoms with E-state index in [0.717, 1.165) is 5.57 Å². The summed E-state index contributed by atoms with van der Waals surface area (Å²) in [5.74, 6) is -0.426. The summed E-state index contributed by atoms with van der Waals surface area (Å²) in [6, 6.07) is 3.26. The van der Waals surface area contributed by atoms with Crippen molar-refractivity contribution < 1.29 is 18.4 Å². The second kappa shape index (κ2) is 8.78. The summed E-state index contributed by atoms with van der Waals surface area (Å²) in [6.45, 7) is 9.32. The molecular weight excluding hydrogens is 494 g/mol. The van der Waals surface area contributed by atoms with Crippen LogP contribution in [0.4, 0.5) is 13.6 Å². The first-order chi connectivity index (χ1) is 16.7. The SMILES string of the molecule is C=CC(=O)N1CCN(C2=NC(=O)N3CCSC4C(c5c(F)cccc5F)=C(Cl)C=C2C43C)[C@@H](C)C1. The average molecular weight is 519 g/mol. The van der Waals surface area contributed by atoms with Crippen molar-refractivity contribution in [2.24, 2.45) is 4.99 Å². The van der Waals surface area contributed by atoms with Gasteiger partial charge in [-0.2, -0.15) is 4.99 Å². The van der Waals surface area contributed by atoms with Crippen LogP contribution < -0.4 is 0 Å². The lowest BCUT2D eigenvalue weighted by Gasteiger charge is -2.56. The highest BCUT2D eigenvalue weighted by molar-refractivity contribution is 8.00. The van der Waals surface area contributed by atoms with E-state index in [2.05, 4.69) is 11.6 Å². The van der Waals surface area contributed by atoms with Crippen LogP contribution in [-0.4, -0.2) is 81.2 Å². The number of hydrogen-bond acceptors (Lipinski definition) is 4. The third-order valence-electron chi connectivity index (χ3n) is 7.30. The number of urea groups is 1. The van der Waals surface area contributed by atoms with Crippen LogP contribution in [0.15, 0.2) is 52.5 Å². The van der Waals surface area contributed by atoms with Crippen molar-refractivity contribution in [2.75, 3.05) is 31.9 Å². The molecule has 0 N–H and O–H groups in total.